The van der Waals surface area contributed by atoms with E-state index in [-0.39, 0.29) is 0 Å². The van der Waals surface area contributed by atoms with Gasteiger partial charge in [0.25, 0.3) is 0 Å². The zero-order chi connectivity index (χ0) is 10.1. The minimum atomic E-state index is -0.587. The van der Waals surface area contributed by atoms with Crippen molar-refractivity contribution in [3.63, 3.8) is 0 Å². The Labute approximate surface area is 83.1 Å². The van der Waals surface area contributed by atoms with E-state index < -0.39 is 6.10 Å². The fourth-order valence-electron chi connectivity index (χ4n) is 1.53. The van der Waals surface area contributed by atoms with Crippen molar-refractivity contribution < 1.29 is 9.52 Å². The summed E-state index contributed by atoms with van der Waals surface area (Å²) >= 11 is 0. The molecule has 2 rings (SSSR count). The Kier molecular flexibility index (Phi) is 2.56. The van der Waals surface area contributed by atoms with E-state index in [2.05, 4.69) is 4.98 Å². The maximum absolute atomic E-state index is 9.47. The number of aliphatic hydroxyl groups excluding tert-OH is 1. The lowest BCUT2D eigenvalue weighted by Gasteiger charge is -2.00. The topological polar surface area (TPSA) is 72.3 Å². The van der Waals surface area contributed by atoms with Crippen LogP contribution in [0.1, 0.15) is 49.1 Å². The molecule has 1 fully saturated rings. The molecule has 0 amide bonds. The molecule has 78 valence electrons. The standard InChI is InChI=1S/C10H16N2O2/c1-6(13)9-8(4-5-11)12-10(14-9)7-2-3-7/h6-7,13H,2-5,11H2,1H3. The summed E-state index contributed by atoms with van der Waals surface area (Å²) < 4.78 is 5.54. The fourth-order valence-corrected chi connectivity index (χ4v) is 1.53. The normalized spacial score (nSPS) is 18.5. The zero-order valence-electron chi connectivity index (χ0n) is 8.36. The molecule has 0 aliphatic heterocycles. The first kappa shape index (κ1) is 9.68. The average molecular weight is 196 g/mol. The lowest BCUT2D eigenvalue weighted by molar-refractivity contribution is 0.165. The van der Waals surface area contributed by atoms with Gasteiger partial charge in [0.1, 0.15) is 6.10 Å². The van der Waals surface area contributed by atoms with E-state index >= 15 is 0 Å². The molecule has 3 N–H and O–H groups in total. The summed E-state index contributed by atoms with van der Waals surface area (Å²) in [5.41, 5.74) is 6.29. The van der Waals surface area contributed by atoms with E-state index in [1.165, 1.54) is 0 Å². The van der Waals surface area contributed by atoms with Crippen LogP contribution in [0.15, 0.2) is 4.42 Å². The third-order valence-electron chi connectivity index (χ3n) is 2.43. The van der Waals surface area contributed by atoms with Crippen LogP contribution < -0.4 is 5.73 Å². The lowest BCUT2D eigenvalue weighted by atomic mass is 10.2. The minimum Gasteiger partial charge on any atom is -0.442 e. The summed E-state index contributed by atoms with van der Waals surface area (Å²) in [5.74, 6) is 1.86. The summed E-state index contributed by atoms with van der Waals surface area (Å²) in [5, 5.41) is 9.47. The van der Waals surface area contributed by atoms with Crippen molar-refractivity contribution in [3.8, 4) is 0 Å². The van der Waals surface area contributed by atoms with Gasteiger partial charge in [0.15, 0.2) is 11.7 Å². The van der Waals surface area contributed by atoms with Crippen LogP contribution in [0.5, 0.6) is 0 Å². The Morgan fingerprint density at radius 2 is 2.36 bits per heavy atom. The molecule has 1 aliphatic rings. The number of nitrogens with two attached hydrogens (primary N) is 1. The minimum absolute atomic E-state index is 0.485. The van der Waals surface area contributed by atoms with Gasteiger partial charge in [-0.2, -0.15) is 0 Å². The van der Waals surface area contributed by atoms with Crippen LogP contribution in [0.2, 0.25) is 0 Å². The lowest BCUT2D eigenvalue weighted by Crippen LogP contribution is -2.06. The summed E-state index contributed by atoms with van der Waals surface area (Å²) in [6.07, 6.45) is 2.40. The van der Waals surface area contributed by atoms with E-state index in [9.17, 15) is 5.11 Å². The first-order valence-electron chi connectivity index (χ1n) is 5.10. The Morgan fingerprint density at radius 3 is 2.86 bits per heavy atom. The highest BCUT2D eigenvalue weighted by Crippen LogP contribution is 2.40. The number of nitrogens with zero attached hydrogens (tertiary/aromatic N) is 1. The molecule has 1 saturated carbocycles. The van der Waals surface area contributed by atoms with Crippen molar-refractivity contribution in [1.82, 2.24) is 4.98 Å². The van der Waals surface area contributed by atoms with Gasteiger partial charge in [-0.15, -0.1) is 0 Å². The van der Waals surface area contributed by atoms with Crippen molar-refractivity contribution in [2.24, 2.45) is 5.73 Å². The van der Waals surface area contributed by atoms with Gasteiger partial charge in [-0.1, -0.05) is 0 Å². The van der Waals surface area contributed by atoms with Gasteiger partial charge in [-0.05, 0) is 26.3 Å². The Hall–Kier alpha value is -0.870. The number of aliphatic hydroxyl groups is 1. The van der Waals surface area contributed by atoms with E-state index in [1.54, 1.807) is 6.92 Å². The predicted octanol–water partition coefficient (Wildman–Crippen LogP) is 1.11. The van der Waals surface area contributed by atoms with Gasteiger partial charge in [-0.3, -0.25) is 0 Å². The van der Waals surface area contributed by atoms with E-state index in [0.717, 1.165) is 24.4 Å². The van der Waals surface area contributed by atoms with E-state index in [0.29, 0.717) is 24.6 Å². The van der Waals surface area contributed by atoms with E-state index in [4.69, 9.17) is 10.2 Å². The summed E-state index contributed by atoms with van der Waals surface area (Å²) in [6, 6.07) is 0. The van der Waals surface area contributed by atoms with Gasteiger partial charge < -0.3 is 15.3 Å². The number of rotatable bonds is 4. The van der Waals surface area contributed by atoms with Crippen LogP contribution >= 0.6 is 0 Å². The van der Waals surface area contributed by atoms with Crippen molar-refractivity contribution in [2.45, 2.75) is 38.2 Å². The molecule has 0 radical (unpaired) electrons. The fraction of sp³-hybridized carbons (Fsp3) is 0.700. The Balaban J connectivity index is 2.25. The van der Waals surface area contributed by atoms with Crippen molar-refractivity contribution in [2.75, 3.05) is 6.54 Å². The molecule has 4 heteroatoms. The summed E-state index contributed by atoms with van der Waals surface area (Å²) in [4.78, 5) is 4.38. The zero-order valence-corrected chi connectivity index (χ0v) is 8.36. The van der Waals surface area contributed by atoms with Crippen LogP contribution in [0.3, 0.4) is 0 Å². The van der Waals surface area contributed by atoms with Crippen molar-refractivity contribution >= 4 is 0 Å². The van der Waals surface area contributed by atoms with Crippen LogP contribution in [0, 0.1) is 0 Å². The number of oxazole rings is 1. The molecule has 1 aliphatic carbocycles. The monoisotopic (exact) mass is 196 g/mol. The van der Waals surface area contributed by atoms with Crippen LogP contribution in [0.4, 0.5) is 0 Å². The molecular weight excluding hydrogens is 180 g/mol. The quantitative estimate of drug-likeness (QED) is 0.756. The summed E-state index contributed by atoms with van der Waals surface area (Å²) in [7, 11) is 0. The van der Waals surface area contributed by atoms with Gasteiger partial charge in [0.2, 0.25) is 0 Å². The Morgan fingerprint density at radius 1 is 1.64 bits per heavy atom. The molecule has 1 unspecified atom stereocenters. The number of aromatic nitrogens is 1. The molecule has 4 nitrogen and oxygen atoms in total. The van der Waals surface area contributed by atoms with Crippen LogP contribution in [0.25, 0.3) is 0 Å². The van der Waals surface area contributed by atoms with Gasteiger partial charge in [0.05, 0.1) is 5.69 Å². The first-order chi connectivity index (χ1) is 6.72. The number of hydrogen-bond donors (Lipinski definition) is 2. The number of hydrogen-bond acceptors (Lipinski definition) is 4. The van der Waals surface area contributed by atoms with Crippen LogP contribution in [-0.2, 0) is 6.42 Å². The first-order valence-corrected chi connectivity index (χ1v) is 5.10. The molecule has 0 bridgehead atoms. The molecule has 1 aromatic rings. The third kappa shape index (κ3) is 1.81. The maximum Gasteiger partial charge on any atom is 0.197 e. The second-order valence-corrected chi connectivity index (χ2v) is 3.85. The second-order valence-electron chi connectivity index (χ2n) is 3.85. The average Bonchev–Trinajstić information content (AvgIpc) is 2.89. The maximum atomic E-state index is 9.47. The van der Waals surface area contributed by atoms with Crippen LogP contribution in [-0.4, -0.2) is 16.6 Å². The molecule has 1 heterocycles. The molecular formula is C10H16N2O2. The third-order valence-corrected chi connectivity index (χ3v) is 2.43. The van der Waals surface area contributed by atoms with Crippen molar-refractivity contribution in [1.29, 1.82) is 0 Å². The second kappa shape index (κ2) is 3.71. The molecule has 0 aromatic carbocycles. The SMILES string of the molecule is CC(O)c1oc(C2CC2)nc1CCN. The van der Waals surface area contributed by atoms with Gasteiger partial charge in [-0.25, -0.2) is 4.98 Å². The smallest absolute Gasteiger partial charge is 0.197 e. The highest BCUT2D eigenvalue weighted by molar-refractivity contribution is 5.16. The highest BCUT2D eigenvalue weighted by atomic mass is 16.4. The van der Waals surface area contributed by atoms with Gasteiger partial charge in [0, 0.05) is 12.3 Å². The van der Waals surface area contributed by atoms with Gasteiger partial charge >= 0.3 is 0 Å². The molecule has 0 spiro atoms. The summed E-state index contributed by atoms with van der Waals surface area (Å²) in [6.45, 7) is 2.23. The highest BCUT2D eigenvalue weighted by Gasteiger charge is 2.30. The predicted molar refractivity (Wildman–Crippen MR) is 51.9 cm³/mol. The molecule has 0 saturated heterocycles. The molecule has 1 aromatic heterocycles. The largest absolute Gasteiger partial charge is 0.442 e. The van der Waals surface area contributed by atoms with E-state index in [1.807, 2.05) is 0 Å². The van der Waals surface area contributed by atoms with Crippen molar-refractivity contribution in [3.05, 3.63) is 17.3 Å². The molecule has 1 atom stereocenters. The Bertz CT molecular complexity index is 316. The molecule has 14 heavy (non-hydrogen) atoms.